The number of ether oxygens (including phenoxy) is 1. The number of fused-ring (bicyclic) bond motifs is 1. The summed E-state index contributed by atoms with van der Waals surface area (Å²) in [5, 5.41) is 1.14. The molecule has 1 atom stereocenters. The zero-order chi connectivity index (χ0) is 24.2. The Bertz CT molecular complexity index is 1440. The van der Waals surface area contributed by atoms with E-state index in [2.05, 4.69) is 23.2 Å². The van der Waals surface area contributed by atoms with Crippen molar-refractivity contribution in [2.24, 2.45) is 5.73 Å². The summed E-state index contributed by atoms with van der Waals surface area (Å²) >= 11 is 0. The van der Waals surface area contributed by atoms with E-state index in [1.807, 2.05) is 84.4 Å². The molecule has 0 aliphatic rings. The average molecular weight is 465 g/mol. The number of hydrogen-bond donors (Lipinski definition) is 2. The van der Waals surface area contributed by atoms with Gasteiger partial charge in [-0.05, 0) is 36.1 Å². The van der Waals surface area contributed by atoms with Crippen LogP contribution in [0.15, 0.2) is 91.1 Å². The summed E-state index contributed by atoms with van der Waals surface area (Å²) in [6.07, 6.45) is 2.59. The van der Waals surface area contributed by atoms with Crippen LogP contribution in [0.25, 0.3) is 10.9 Å². The zero-order valence-electron chi connectivity index (χ0n) is 19.6. The molecule has 5 aromatic rings. The fourth-order valence-electron chi connectivity index (χ4n) is 4.42. The van der Waals surface area contributed by atoms with Gasteiger partial charge in [0.25, 0.3) is 0 Å². The molecule has 6 heteroatoms. The SMILES string of the molecule is Cc1c(C(=O)OCc2ccccc2)nc([C@H](N)Cc2c[nH]c3ccccc23)n1Cc1ccccc1. The second kappa shape index (κ2) is 9.99. The Balaban J connectivity index is 1.45. The molecule has 3 N–H and O–H groups in total. The molecule has 176 valence electrons. The number of esters is 1. The molecule has 0 unspecified atom stereocenters. The first-order chi connectivity index (χ1) is 17.1. The minimum absolute atomic E-state index is 0.196. The monoisotopic (exact) mass is 464 g/mol. The van der Waals surface area contributed by atoms with Gasteiger partial charge in [0.15, 0.2) is 5.69 Å². The van der Waals surface area contributed by atoms with Crippen molar-refractivity contribution < 1.29 is 9.53 Å². The lowest BCUT2D eigenvalue weighted by Gasteiger charge is -2.15. The van der Waals surface area contributed by atoms with Gasteiger partial charge in [-0.2, -0.15) is 0 Å². The van der Waals surface area contributed by atoms with E-state index < -0.39 is 12.0 Å². The van der Waals surface area contributed by atoms with Gasteiger partial charge in [0, 0.05) is 29.3 Å². The van der Waals surface area contributed by atoms with Crippen molar-refractivity contribution in [1.82, 2.24) is 14.5 Å². The molecule has 0 amide bonds. The highest BCUT2D eigenvalue weighted by atomic mass is 16.5. The number of para-hydroxylation sites is 1. The molecule has 0 bridgehead atoms. The predicted molar refractivity (Wildman–Crippen MR) is 137 cm³/mol. The van der Waals surface area contributed by atoms with E-state index >= 15 is 0 Å². The van der Waals surface area contributed by atoms with Crippen LogP contribution in [0.1, 0.15) is 44.7 Å². The highest BCUT2D eigenvalue weighted by Gasteiger charge is 2.25. The largest absolute Gasteiger partial charge is 0.456 e. The summed E-state index contributed by atoms with van der Waals surface area (Å²) < 4.78 is 7.63. The van der Waals surface area contributed by atoms with Crippen LogP contribution in [0.4, 0.5) is 0 Å². The quantitative estimate of drug-likeness (QED) is 0.304. The summed E-state index contributed by atoms with van der Waals surface area (Å²) in [6.45, 7) is 2.67. The first-order valence-electron chi connectivity index (χ1n) is 11.7. The highest BCUT2D eigenvalue weighted by molar-refractivity contribution is 5.88. The minimum atomic E-state index is -0.446. The molecule has 0 radical (unpaired) electrons. The summed E-state index contributed by atoms with van der Waals surface area (Å²) in [5.74, 6) is 0.224. The zero-order valence-corrected chi connectivity index (χ0v) is 19.6. The van der Waals surface area contributed by atoms with Gasteiger partial charge < -0.3 is 20.0 Å². The van der Waals surface area contributed by atoms with Crippen molar-refractivity contribution in [2.75, 3.05) is 0 Å². The van der Waals surface area contributed by atoms with E-state index in [1.54, 1.807) is 0 Å². The number of carbonyl (C=O) groups is 1. The second-order valence-corrected chi connectivity index (χ2v) is 8.71. The fraction of sp³-hybridized carbons (Fsp3) is 0.172. The van der Waals surface area contributed by atoms with Crippen LogP contribution in [0.2, 0.25) is 0 Å². The third-order valence-electron chi connectivity index (χ3n) is 6.29. The molecule has 0 saturated heterocycles. The summed E-state index contributed by atoms with van der Waals surface area (Å²) in [6, 6.07) is 27.5. The lowest BCUT2D eigenvalue weighted by atomic mass is 10.0. The number of imidazole rings is 1. The van der Waals surface area contributed by atoms with Gasteiger partial charge in [0.2, 0.25) is 0 Å². The van der Waals surface area contributed by atoms with Crippen LogP contribution in [0, 0.1) is 6.92 Å². The Morgan fingerprint density at radius 1 is 0.971 bits per heavy atom. The van der Waals surface area contributed by atoms with Gasteiger partial charge >= 0.3 is 5.97 Å². The van der Waals surface area contributed by atoms with Crippen LogP contribution >= 0.6 is 0 Å². The van der Waals surface area contributed by atoms with Crippen molar-refractivity contribution in [1.29, 1.82) is 0 Å². The van der Waals surface area contributed by atoms with Crippen LogP contribution < -0.4 is 5.73 Å². The van der Waals surface area contributed by atoms with Crippen molar-refractivity contribution in [3.8, 4) is 0 Å². The molecule has 0 saturated carbocycles. The molecule has 0 aliphatic heterocycles. The third-order valence-corrected chi connectivity index (χ3v) is 6.29. The normalized spacial score (nSPS) is 12.1. The highest BCUT2D eigenvalue weighted by Crippen LogP contribution is 2.25. The smallest absolute Gasteiger partial charge is 0.359 e. The van der Waals surface area contributed by atoms with Crippen molar-refractivity contribution in [3.63, 3.8) is 0 Å². The van der Waals surface area contributed by atoms with Crippen LogP contribution in [-0.4, -0.2) is 20.5 Å². The average Bonchev–Trinajstić information content (AvgIpc) is 3.45. The first-order valence-corrected chi connectivity index (χ1v) is 11.7. The summed E-state index contributed by atoms with van der Waals surface area (Å²) in [5.41, 5.74) is 12.0. The van der Waals surface area contributed by atoms with Crippen LogP contribution in [0.5, 0.6) is 0 Å². The third kappa shape index (κ3) is 4.88. The minimum Gasteiger partial charge on any atom is -0.456 e. The van der Waals surface area contributed by atoms with Crippen molar-refractivity contribution in [3.05, 3.63) is 125 Å². The number of nitrogens with zero attached hydrogens (tertiary/aromatic N) is 2. The molecule has 5 rings (SSSR count). The molecule has 2 heterocycles. The van der Waals surface area contributed by atoms with Crippen LogP contribution in [0.3, 0.4) is 0 Å². The standard InChI is InChI=1S/C29H28N4O2/c1-20-27(29(34)35-19-22-12-6-3-7-13-22)32-28(33(20)18-21-10-4-2-5-11-21)25(30)16-23-17-31-26-15-9-8-14-24(23)26/h2-15,17,25,31H,16,18-19,30H2,1H3/t25-/m1/s1. The van der Waals surface area contributed by atoms with E-state index in [0.717, 1.165) is 33.3 Å². The van der Waals surface area contributed by atoms with Gasteiger partial charge in [0.05, 0.1) is 6.04 Å². The number of aromatic amines is 1. The lowest BCUT2D eigenvalue weighted by Crippen LogP contribution is -2.20. The number of H-pyrrole nitrogens is 1. The van der Waals surface area contributed by atoms with Gasteiger partial charge in [-0.25, -0.2) is 9.78 Å². The molecular formula is C29H28N4O2. The molecule has 0 fully saturated rings. The number of carbonyl (C=O) groups excluding carboxylic acids is 1. The first kappa shape index (κ1) is 22.6. The Morgan fingerprint density at radius 3 is 2.37 bits per heavy atom. The molecule has 0 spiro atoms. The van der Waals surface area contributed by atoms with Gasteiger partial charge in [-0.3, -0.25) is 0 Å². The Morgan fingerprint density at radius 2 is 1.63 bits per heavy atom. The van der Waals surface area contributed by atoms with Gasteiger partial charge in [-0.1, -0.05) is 78.9 Å². The van der Waals surface area contributed by atoms with Crippen molar-refractivity contribution in [2.45, 2.75) is 32.5 Å². The summed E-state index contributed by atoms with van der Waals surface area (Å²) in [4.78, 5) is 21.1. The predicted octanol–water partition coefficient (Wildman–Crippen LogP) is 5.32. The molecule has 6 nitrogen and oxygen atoms in total. The maximum Gasteiger partial charge on any atom is 0.359 e. The topological polar surface area (TPSA) is 85.9 Å². The molecular weight excluding hydrogens is 436 g/mol. The van der Waals surface area contributed by atoms with E-state index in [0.29, 0.717) is 24.5 Å². The summed E-state index contributed by atoms with van der Waals surface area (Å²) in [7, 11) is 0. The van der Waals surface area contributed by atoms with Crippen LogP contribution in [-0.2, 0) is 24.3 Å². The molecule has 35 heavy (non-hydrogen) atoms. The number of nitrogens with two attached hydrogens (primary N) is 1. The maximum absolute atomic E-state index is 13.0. The number of rotatable bonds is 8. The Labute approximate surface area is 204 Å². The number of nitrogens with one attached hydrogen (secondary N) is 1. The van der Waals surface area contributed by atoms with E-state index in [1.165, 1.54) is 0 Å². The number of aromatic nitrogens is 3. The maximum atomic E-state index is 13.0. The van der Waals surface area contributed by atoms with E-state index in [4.69, 9.17) is 15.5 Å². The van der Waals surface area contributed by atoms with Gasteiger partial charge in [0.1, 0.15) is 12.4 Å². The Kier molecular flexibility index (Phi) is 6.46. The molecule has 2 aromatic heterocycles. The molecule has 0 aliphatic carbocycles. The van der Waals surface area contributed by atoms with Gasteiger partial charge in [-0.15, -0.1) is 0 Å². The molecule has 3 aromatic carbocycles. The van der Waals surface area contributed by atoms with Crippen molar-refractivity contribution >= 4 is 16.9 Å². The number of hydrogen-bond acceptors (Lipinski definition) is 4. The fourth-order valence-corrected chi connectivity index (χ4v) is 4.42. The Hall–Kier alpha value is -4.16. The van der Waals surface area contributed by atoms with E-state index in [9.17, 15) is 4.79 Å². The number of benzene rings is 3. The second-order valence-electron chi connectivity index (χ2n) is 8.71. The lowest BCUT2D eigenvalue weighted by molar-refractivity contribution is 0.0465. The van der Waals surface area contributed by atoms with E-state index in [-0.39, 0.29) is 6.61 Å².